The van der Waals surface area contributed by atoms with Gasteiger partial charge in [0.1, 0.15) is 5.75 Å². The number of hydrogen-bond donors (Lipinski definition) is 2. The normalized spacial score (nSPS) is 11.9. The van der Waals surface area contributed by atoms with Gasteiger partial charge in [0, 0.05) is 15.8 Å². The van der Waals surface area contributed by atoms with Gasteiger partial charge in [0.25, 0.3) is 5.91 Å². The fraction of sp³-hybridized carbons (Fsp3) is 0.143. The van der Waals surface area contributed by atoms with E-state index in [0.717, 1.165) is 10.8 Å². The van der Waals surface area contributed by atoms with E-state index in [2.05, 4.69) is 0 Å². The Kier molecular flexibility index (Phi) is 4.10. The van der Waals surface area contributed by atoms with Gasteiger partial charge in [-0.15, -0.1) is 0 Å². The number of carbonyl (C=O) groups is 2. The van der Waals surface area contributed by atoms with Gasteiger partial charge < -0.3 is 10.5 Å². The molecule has 0 aliphatic carbocycles. The molecule has 0 unspecified atom stereocenters. The summed E-state index contributed by atoms with van der Waals surface area (Å²) >= 11 is 6.10. The molecule has 0 bridgehead atoms. The van der Waals surface area contributed by atoms with E-state index in [0.29, 0.717) is 10.8 Å². The van der Waals surface area contributed by atoms with Crippen LogP contribution >= 0.6 is 11.6 Å². The molecule has 0 fully saturated rings. The molecule has 0 spiro atoms. The summed E-state index contributed by atoms with van der Waals surface area (Å²) in [6, 6.07) is 9.87. The number of nitrogens with one attached hydrogen (secondary N) is 1. The Morgan fingerprint density at radius 2 is 1.85 bits per heavy atom. The second-order valence-electron chi connectivity index (χ2n) is 4.20. The van der Waals surface area contributed by atoms with Gasteiger partial charge in [0.15, 0.2) is 6.10 Å². The summed E-state index contributed by atoms with van der Waals surface area (Å²) in [5, 5.41) is 4.19. The van der Waals surface area contributed by atoms with Crippen molar-refractivity contribution >= 4 is 34.3 Å². The maximum absolute atomic E-state index is 11.6. The minimum absolute atomic E-state index is 0.511. The Morgan fingerprint density at radius 3 is 2.50 bits per heavy atom. The first-order valence-electron chi connectivity index (χ1n) is 5.93. The zero-order valence-corrected chi connectivity index (χ0v) is 11.5. The van der Waals surface area contributed by atoms with Crippen molar-refractivity contribution in [2.45, 2.75) is 13.0 Å². The van der Waals surface area contributed by atoms with Crippen LogP contribution in [0.15, 0.2) is 36.4 Å². The zero-order chi connectivity index (χ0) is 14.7. The number of benzene rings is 2. The predicted molar refractivity (Wildman–Crippen MR) is 76.8 cm³/mol. The number of fused-ring (bicyclic) bond motifs is 1. The van der Waals surface area contributed by atoms with Crippen molar-refractivity contribution in [1.29, 1.82) is 0 Å². The molecule has 2 aromatic rings. The smallest absolute Gasteiger partial charge is 0.318 e. The molecule has 1 atom stereocenters. The quantitative estimate of drug-likeness (QED) is 0.911. The van der Waals surface area contributed by atoms with Crippen molar-refractivity contribution in [1.82, 2.24) is 5.32 Å². The van der Waals surface area contributed by atoms with E-state index in [4.69, 9.17) is 22.1 Å². The predicted octanol–water partition coefficient (Wildman–Crippen LogP) is 2.46. The zero-order valence-electron chi connectivity index (χ0n) is 10.7. The van der Waals surface area contributed by atoms with E-state index in [9.17, 15) is 9.59 Å². The molecule has 0 aliphatic heterocycles. The molecule has 0 aromatic heterocycles. The molecule has 0 radical (unpaired) electrons. The van der Waals surface area contributed by atoms with Gasteiger partial charge in [0.05, 0.1) is 0 Å². The van der Waals surface area contributed by atoms with Crippen LogP contribution in [0.2, 0.25) is 5.02 Å². The lowest BCUT2D eigenvalue weighted by atomic mass is 10.1. The van der Waals surface area contributed by atoms with Gasteiger partial charge in [-0.2, -0.15) is 0 Å². The Balaban J connectivity index is 2.28. The van der Waals surface area contributed by atoms with Gasteiger partial charge in [-0.05, 0) is 19.1 Å². The van der Waals surface area contributed by atoms with E-state index in [1.54, 1.807) is 12.1 Å². The van der Waals surface area contributed by atoms with Gasteiger partial charge >= 0.3 is 6.03 Å². The molecule has 5 nitrogen and oxygen atoms in total. The third-order valence-corrected chi connectivity index (χ3v) is 3.08. The number of halogens is 1. The maximum atomic E-state index is 11.6. The highest BCUT2D eigenvalue weighted by atomic mass is 35.5. The molecule has 0 saturated heterocycles. The molecule has 6 heteroatoms. The molecule has 104 valence electrons. The Morgan fingerprint density at radius 1 is 1.20 bits per heavy atom. The van der Waals surface area contributed by atoms with Crippen molar-refractivity contribution in [3.8, 4) is 5.75 Å². The van der Waals surface area contributed by atoms with E-state index < -0.39 is 18.0 Å². The summed E-state index contributed by atoms with van der Waals surface area (Å²) in [6.45, 7) is 1.53. The highest BCUT2D eigenvalue weighted by Gasteiger charge is 2.17. The molecule has 2 rings (SSSR count). The number of imide groups is 1. The lowest BCUT2D eigenvalue weighted by Gasteiger charge is -2.15. The summed E-state index contributed by atoms with van der Waals surface area (Å²) in [7, 11) is 0. The number of rotatable bonds is 3. The van der Waals surface area contributed by atoms with Crippen LogP contribution < -0.4 is 15.8 Å². The average molecular weight is 293 g/mol. The number of urea groups is 1. The van der Waals surface area contributed by atoms with Crippen LogP contribution in [0.25, 0.3) is 10.8 Å². The van der Waals surface area contributed by atoms with Crippen molar-refractivity contribution in [2.24, 2.45) is 5.73 Å². The second kappa shape index (κ2) is 5.79. The SMILES string of the molecule is C[C@H](Oc1ccc(Cl)c2ccccc12)C(=O)NC(N)=O. The summed E-state index contributed by atoms with van der Waals surface area (Å²) < 4.78 is 5.57. The van der Waals surface area contributed by atoms with Crippen LogP contribution in [0.5, 0.6) is 5.75 Å². The Labute approximate surface area is 120 Å². The highest BCUT2D eigenvalue weighted by Crippen LogP contribution is 2.31. The van der Waals surface area contributed by atoms with Crippen molar-refractivity contribution in [2.75, 3.05) is 0 Å². The number of nitrogens with two attached hydrogens (primary N) is 1. The number of primary amides is 1. The van der Waals surface area contributed by atoms with Crippen LogP contribution in [0.4, 0.5) is 4.79 Å². The number of ether oxygens (including phenoxy) is 1. The van der Waals surface area contributed by atoms with Crippen LogP contribution in [0.3, 0.4) is 0 Å². The van der Waals surface area contributed by atoms with E-state index in [1.807, 2.05) is 29.6 Å². The lowest BCUT2D eigenvalue weighted by molar-refractivity contribution is -0.126. The minimum atomic E-state index is -0.911. The lowest BCUT2D eigenvalue weighted by Crippen LogP contribution is -2.42. The van der Waals surface area contributed by atoms with Crippen LogP contribution in [-0.4, -0.2) is 18.0 Å². The van der Waals surface area contributed by atoms with Crippen molar-refractivity contribution in [3.05, 3.63) is 41.4 Å². The first-order chi connectivity index (χ1) is 9.49. The molecule has 0 heterocycles. The highest BCUT2D eigenvalue weighted by molar-refractivity contribution is 6.35. The Bertz CT molecular complexity index is 673. The molecule has 2 aromatic carbocycles. The first-order valence-corrected chi connectivity index (χ1v) is 6.31. The fourth-order valence-corrected chi connectivity index (χ4v) is 2.03. The molecule has 3 amide bonds. The van der Waals surface area contributed by atoms with Crippen LogP contribution in [0.1, 0.15) is 6.92 Å². The number of carbonyl (C=O) groups excluding carboxylic acids is 2. The maximum Gasteiger partial charge on any atom is 0.318 e. The van der Waals surface area contributed by atoms with Crippen molar-refractivity contribution in [3.63, 3.8) is 0 Å². The molecule has 0 aliphatic rings. The molecule has 3 N–H and O–H groups in total. The van der Waals surface area contributed by atoms with Gasteiger partial charge in [0.2, 0.25) is 0 Å². The van der Waals surface area contributed by atoms with Crippen LogP contribution in [-0.2, 0) is 4.79 Å². The van der Waals surface area contributed by atoms with E-state index >= 15 is 0 Å². The summed E-state index contributed by atoms with van der Waals surface area (Å²) in [4.78, 5) is 22.2. The second-order valence-corrected chi connectivity index (χ2v) is 4.61. The average Bonchev–Trinajstić information content (AvgIpc) is 2.41. The largest absolute Gasteiger partial charge is 0.480 e. The number of hydrogen-bond acceptors (Lipinski definition) is 3. The monoisotopic (exact) mass is 292 g/mol. The third kappa shape index (κ3) is 3.00. The van der Waals surface area contributed by atoms with Crippen LogP contribution in [0, 0.1) is 0 Å². The summed E-state index contributed by atoms with van der Waals surface area (Å²) in [5.74, 6) is -0.0892. The standard InChI is InChI=1S/C14H13ClN2O3/c1-8(13(18)17-14(16)19)20-12-7-6-11(15)9-4-2-3-5-10(9)12/h2-8H,1H3,(H3,16,17,18,19)/t8-/m0/s1. The minimum Gasteiger partial charge on any atom is -0.480 e. The van der Waals surface area contributed by atoms with Gasteiger partial charge in [-0.1, -0.05) is 35.9 Å². The van der Waals surface area contributed by atoms with Gasteiger partial charge in [-0.3, -0.25) is 10.1 Å². The summed E-state index contributed by atoms with van der Waals surface area (Å²) in [6.07, 6.45) is -0.855. The molecule has 0 saturated carbocycles. The third-order valence-electron chi connectivity index (χ3n) is 2.75. The first kappa shape index (κ1) is 14.1. The summed E-state index contributed by atoms with van der Waals surface area (Å²) in [5.41, 5.74) is 4.89. The Hall–Kier alpha value is -2.27. The molecular formula is C14H13ClN2O3. The van der Waals surface area contributed by atoms with E-state index in [1.165, 1.54) is 6.92 Å². The molecular weight excluding hydrogens is 280 g/mol. The number of amides is 3. The van der Waals surface area contributed by atoms with Crippen molar-refractivity contribution < 1.29 is 14.3 Å². The molecule has 20 heavy (non-hydrogen) atoms. The fourth-order valence-electron chi connectivity index (χ4n) is 1.80. The van der Waals surface area contributed by atoms with E-state index in [-0.39, 0.29) is 0 Å². The topological polar surface area (TPSA) is 81.4 Å². The van der Waals surface area contributed by atoms with Gasteiger partial charge in [-0.25, -0.2) is 4.79 Å².